The molecule has 0 bridgehead atoms. The molecule has 2 aromatic carbocycles. The van der Waals surface area contributed by atoms with E-state index >= 15 is 0 Å². The van der Waals surface area contributed by atoms with Crippen LogP contribution >= 0.6 is 0 Å². The lowest BCUT2D eigenvalue weighted by molar-refractivity contribution is 0.0435. The molecule has 136 valence electrons. The molecule has 27 heavy (non-hydrogen) atoms. The third-order valence-electron chi connectivity index (χ3n) is 3.81. The van der Waals surface area contributed by atoms with Crippen LogP contribution in [0.3, 0.4) is 0 Å². The molecule has 0 saturated heterocycles. The molecule has 0 spiro atoms. The van der Waals surface area contributed by atoms with Crippen LogP contribution in [-0.2, 0) is 26.9 Å². The third kappa shape index (κ3) is 4.43. The van der Waals surface area contributed by atoms with Crippen molar-refractivity contribution >= 4 is 15.8 Å². The van der Waals surface area contributed by atoms with Crippen molar-refractivity contribution < 1.29 is 22.4 Å². The number of sulfone groups is 1. The van der Waals surface area contributed by atoms with Crippen LogP contribution in [-0.4, -0.2) is 14.4 Å². The number of ether oxygens (including phenoxy) is 1. The Balaban J connectivity index is 1.72. The quantitative estimate of drug-likeness (QED) is 0.606. The average molecular weight is 381 g/mol. The molecule has 7 heteroatoms. The Morgan fingerprint density at radius 2 is 1.85 bits per heavy atom. The smallest absolute Gasteiger partial charge is 0.374 e. The molecule has 0 amide bonds. The minimum atomic E-state index is -3.62. The standard InChI is InChI=1S/C20H15NO5S/c21-12-15-5-4-6-16(11-15)13-26-20(22)19-17(9-10-25-19)14-27(23,24)18-7-2-1-3-8-18/h1-11H,13-14H2. The number of rotatable bonds is 6. The zero-order valence-electron chi connectivity index (χ0n) is 14.2. The van der Waals surface area contributed by atoms with Crippen molar-refractivity contribution in [2.45, 2.75) is 17.3 Å². The molecule has 0 aliphatic carbocycles. The van der Waals surface area contributed by atoms with Crippen LogP contribution in [0.15, 0.2) is 76.2 Å². The highest BCUT2D eigenvalue weighted by molar-refractivity contribution is 7.90. The lowest BCUT2D eigenvalue weighted by atomic mass is 10.1. The summed E-state index contributed by atoms with van der Waals surface area (Å²) < 4.78 is 35.3. The number of nitrogens with zero attached hydrogens (tertiary/aromatic N) is 1. The number of esters is 1. The van der Waals surface area contributed by atoms with Crippen LogP contribution < -0.4 is 0 Å². The van der Waals surface area contributed by atoms with Gasteiger partial charge in [0.15, 0.2) is 9.84 Å². The fourth-order valence-electron chi connectivity index (χ4n) is 2.49. The van der Waals surface area contributed by atoms with E-state index in [4.69, 9.17) is 14.4 Å². The number of hydrogen-bond donors (Lipinski definition) is 0. The molecular weight excluding hydrogens is 366 g/mol. The molecule has 0 aliphatic heterocycles. The van der Waals surface area contributed by atoms with Crippen molar-refractivity contribution in [3.8, 4) is 6.07 Å². The number of furan rings is 1. The number of nitriles is 1. The molecule has 1 aromatic heterocycles. The fourth-order valence-corrected chi connectivity index (χ4v) is 3.86. The van der Waals surface area contributed by atoms with Crippen LogP contribution in [0.25, 0.3) is 0 Å². The van der Waals surface area contributed by atoms with Gasteiger partial charge >= 0.3 is 5.97 Å². The predicted molar refractivity (Wildman–Crippen MR) is 96.3 cm³/mol. The lowest BCUT2D eigenvalue weighted by Crippen LogP contribution is -2.10. The van der Waals surface area contributed by atoms with Crippen LogP contribution in [0, 0.1) is 11.3 Å². The monoisotopic (exact) mass is 381 g/mol. The highest BCUT2D eigenvalue weighted by Crippen LogP contribution is 2.21. The summed E-state index contributed by atoms with van der Waals surface area (Å²) in [6.07, 6.45) is 1.25. The first-order valence-electron chi connectivity index (χ1n) is 8.00. The minimum Gasteiger partial charge on any atom is -0.457 e. The maximum atomic E-state index is 12.5. The summed E-state index contributed by atoms with van der Waals surface area (Å²) >= 11 is 0. The van der Waals surface area contributed by atoms with Gasteiger partial charge in [-0.1, -0.05) is 30.3 Å². The number of benzene rings is 2. The molecule has 6 nitrogen and oxygen atoms in total. The Kier molecular flexibility index (Phi) is 5.38. The lowest BCUT2D eigenvalue weighted by Gasteiger charge is -2.06. The summed E-state index contributed by atoms with van der Waals surface area (Å²) in [5.74, 6) is -1.28. The zero-order valence-corrected chi connectivity index (χ0v) is 15.0. The van der Waals surface area contributed by atoms with Gasteiger partial charge in [-0.25, -0.2) is 13.2 Å². The van der Waals surface area contributed by atoms with E-state index in [1.54, 1.807) is 42.5 Å². The van der Waals surface area contributed by atoms with E-state index in [2.05, 4.69) is 0 Å². The number of carbonyl (C=O) groups excluding carboxylic acids is 1. The molecule has 0 atom stereocenters. The summed E-state index contributed by atoms with van der Waals surface area (Å²) in [7, 11) is -3.62. The van der Waals surface area contributed by atoms with Gasteiger partial charge in [0.25, 0.3) is 0 Å². The third-order valence-corrected chi connectivity index (χ3v) is 5.49. The van der Waals surface area contributed by atoms with E-state index in [1.807, 2.05) is 6.07 Å². The molecule has 0 aliphatic rings. The van der Waals surface area contributed by atoms with Gasteiger partial charge in [0.1, 0.15) is 6.61 Å². The normalized spacial score (nSPS) is 10.9. The van der Waals surface area contributed by atoms with E-state index in [0.29, 0.717) is 11.1 Å². The topological polar surface area (TPSA) is 97.4 Å². The highest BCUT2D eigenvalue weighted by atomic mass is 32.2. The second kappa shape index (κ2) is 7.89. The van der Waals surface area contributed by atoms with E-state index < -0.39 is 15.8 Å². The first kappa shape index (κ1) is 18.4. The number of carbonyl (C=O) groups is 1. The number of hydrogen-bond acceptors (Lipinski definition) is 6. The summed E-state index contributed by atoms with van der Waals surface area (Å²) in [5, 5.41) is 8.90. The van der Waals surface area contributed by atoms with Gasteiger partial charge in [0.05, 0.1) is 28.5 Å². The Hall–Kier alpha value is -3.37. The van der Waals surface area contributed by atoms with Crippen molar-refractivity contribution in [3.63, 3.8) is 0 Å². The Labute approximate surface area is 156 Å². The van der Waals surface area contributed by atoms with Gasteiger partial charge < -0.3 is 9.15 Å². The highest BCUT2D eigenvalue weighted by Gasteiger charge is 2.23. The van der Waals surface area contributed by atoms with Gasteiger partial charge in [-0.3, -0.25) is 0 Å². The zero-order chi connectivity index (χ0) is 19.3. The first-order chi connectivity index (χ1) is 13.0. The van der Waals surface area contributed by atoms with Crippen LogP contribution in [0.4, 0.5) is 0 Å². The van der Waals surface area contributed by atoms with Crippen molar-refractivity contribution in [2.24, 2.45) is 0 Å². The average Bonchev–Trinajstić information content (AvgIpc) is 3.14. The Morgan fingerprint density at radius 1 is 1.07 bits per heavy atom. The van der Waals surface area contributed by atoms with Gasteiger partial charge in [-0.05, 0) is 35.9 Å². The van der Waals surface area contributed by atoms with Crippen LogP contribution in [0.1, 0.15) is 27.2 Å². The van der Waals surface area contributed by atoms with E-state index in [9.17, 15) is 13.2 Å². The van der Waals surface area contributed by atoms with E-state index in [-0.39, 0.29) is 28.6 Å². The predicted octanol–water partition coefficient (Wildman–Crippen LogP) is 3.48. The maximum absolute atomic E-state index is 12.5. The molecule has 1 heterocycles. The van der Waals surface area contributed by atoms with Gasteiger partial charge in [-0.15, -0.1) is 0 Å². The molecule has 0 fully saturated rings. The fraction of sp³-hybridized carbons (Fsp3) is 0.100. The summed E-state index contributed by atoms with van der Waals surface area (Å²) in [5.41, 5.74) is 1.33. The second-order valence-corrected chi connectivity index (χ2v) is 7.72. The summed E-state index contributed by atoms with van der Waals surface area (Å²) in [4.78, 5) is 12.5. The van der Waals surface area contributed by atoms with E-state index in [1.165, 1.54) is 24.5 Å². The minimum absolute atomic E-state index is 0.0556. The molecular formula is C20H15NO5S. The van der Waals surface area contributed by atoms with Crippen molar-refractivity contribution in [3.05, 3.63) is 89.4 Å². The van der Waals surface area contributed by atoms with Crippen LogP contribution in [0.5, 0.6) is 0 Å². The summed E-state index contributed by atoms with van der Waals surface area (Å²) in [6, 6.07) is 18.1. The molecule has 3 rings (SSSR count). The van der Waals surface area contributed by atoms with Crippen molar-refractivity contribution in [1.82, 2.24) is 0 Å². The molecule has 3 aromatic rings. The molecule has 0 N–H and O–H groups in total. The van der Waals surface area contributed by atoms with Crippen LogP contribution in [0.2, 0.25) is 0 Å². The Bertz CT molecular complexity index is 1090. The molecule has 0 saturated carbocycles. The van der Waals surface area contributed by atoms with E-state index in [0.717, 1.165) is 0 Å². The van der Waals surface area contributed by atoms with Gasteiger partial charge in [0.2, 0.25) is 5.76 Å². The SMILES string of the molecule is N#Cc1cccc(COC(=O)c2occc2CS(=O)(=O)c2ccccc2)c1. The summed E-state index contributed by atoms with van der Waals surface area (Å²) in [6.45, 7) is -0.0556. The molecule has 0 unspecified atom stereocenters. The second-order valence-electron chi connectivity index (χ2n) is 5.74. The molecule has 0 radical (unpaired) electrons. The van der Waals surface area contributed by atoms with Crippen molar-refractivity contribution in [1.29, 1.82) is 5.26 Å². The maximum Gasteiger partial charge on any atom is 0.374 e. The van der Waals surface area contributed by atoms with Gasteiger partial charge in [-0.2, -0.15) is 5.26 Å². The Morgan fingerprint density at radius 3 is 2.59 bits per heavy atom. The largest absolute Gasteiger partial charge is 0.457 e. The first-order valence-corrected chi connectivity index (χ1v) is 9.65. The van der Waals surface area contributed by atoms with Gasteiger partial charge in [0, 0.05) is 5.56 Å². The van der Waals surface area contributed by atoms with Crippen molar-refractivity contribution in [2.75, 3.05) is 0 Å².